The molecule has 0 aliphatic carbocycles. The minimum atomic E-state index is 0.665. The molecule has 0 saturated heterocycles. The van der Waals surface area contributed by atoms with Crippen LogP contribution >= 0.6 is 0 Å². The highest BCUT2D eigenvalue weighted by Gasteiger charge is 2.12. The first-order valence-electron chi connectivity index (χ1n) is 6.31. The van der Waals surface area contributed by atoms with E-state index in [0.717, 1.165) is 13.0 Å². The lowest BCUT2D eigenvalue weighted by Crippen LogP contribution is -2.20. The quantitative estimate of drug-likeness (QED) is 0.856. The fraction of sp³-hybridized carbons (Fsp3) is 0.500. The van der Waals surface area contributed by atoms with Crippen molar-refractivity contribution < 1.29 is 0 Å². The second kappa shape index (κ2) is 5.32. The molecule has 1 aromatic heterocycles. The summed E-state index contributed by atoms with van der Waals surface area (Å²) in [4.78, 5) is 0. The highest BCUT2D eigenvalue weighted by molar-refractivity contribution is 5.81. The number of benzene rings is 1. The van der Waals surface area contributed by atoms with Gasteiger partial charge in [-0.25, -0.2) is 0 Å². The molecule has 1 heterocycles. The molecule has 17 heavy (non-hydrogen) atoms. The molecule has 0 bridgehead atoms. The fourth-order valence-electron chi connectivity index (χ4n) is 2.36. The van der Waals surface area contributed by atoms with Gasteiger partial charge in [-0.15, -0.1) is 0 Å². The van der Waals surface area contributed by atoms with Gasteiger partial charge in [-0.05, 0) is 32.0 Å². The molecule has 2 rings (SSSR count). The van der Waals surface area contributed by atoms with Crippen LogP contribution in [-0.4, -0.2) is 23.4 Å². The van der Waals surface area contributed by atoms with Gasteiger partial charge in [0.1, 0.15) is 0 Å². The molecule has 92 valence electrons. The third kappa shape index (κ3) is 2.50. The zero-order chi connectivity index (χ0) is 12.3. The first kappa shape index (κ1) is 12.1. The van der Waals surface area contributed by atoms with Crippen LogP contribution in [0.4, 0.5) is 0 Å². The van der Waals surface area contributed by atoms with Gasteiger partial charge >= 0.3 is 0 Å². The Morgan fingerprint density at radius 2 is 2.12 bits per heavy atom. The summed E-state index contributed by atoms with van der Waals surface area (Å²) in [7, 11) is 4.03. The summed E-state index contributed by atoms with van der Waals surface area (Å²) in [5.74, 6) is 0.665. The van der Waals surface area contributed by atoms with Gasteiger partial charge in [0.05, 0.1) is 11.2 Å². The summed E-state index contributed by atoms with van der Waals surface area (Å²) in [5, 5.41) is 9.20. The Morgan fingerprint density at radius 3 is 2.82 bits per heavy atom. The van der Waals surface area contributed by atoms with Gasteiger partial charge in [0.25, 0.3) is 0 Å². The molecule has 1 N–H and O–H groups in total. The molecular formula is C14H21N3. The van der Waals surface area contributed by atoms with Crippen LogP contribution in [0.25, 0.3) is 10.9 Å². The lowest BCUT2D eigenvalue weighted by Gasteiger charge is -2.12. The number of aryl methyl sites for hydroxylation is 1. The molecule has 0 amide bonds. The lowest BCUT2D eigenvalue weighted by atomic mass is 9.98. The van der Waals surface area contributed by atoms with E-state index < -0.39 is 0 Å². The van der Waals surface area contributed by atoms with Crippen LogP contribution in [0, 0.1) is 5.92 Å². The molecule has 1 atom stereocenters. The van der Waals surface area contributed by atoms with E-state index in [9.17, 15) is 0 Å². The molecule has 0 spiro atoms. The van der Waals surface area contributed by atoms with E-state index in [0.29, 0.717) is 5.92 Å². The van der Waals surface area contributed by atoms with Crippen LogP contribution in [-0.2, 0) is 13.5 Å². The van der Waals surface area contributed by atoms with Gasteiger partial charge in [0.15, 0.2) is 0 Å². The van der Waals surface area contributed by atoms with Crippen molar-refractivity contribution in [3.63, 3.8) is 0 Å². The normalized spacial score (nSPS) is 13.1. The summed E-state index contributed by atoms with van der Waals surface area (Å²) < 4.78 is 1.98. The summed E-state index contributed by atoms with van der Waals surface area (Å²) >= 11 is 0. The first-order chi connectivity index (χ1) is 8.26. The van der Waals surface area contributed by atoms with Crippen LogP contribution in [0.2, 0.25) is 0 Å². The molecule has 2 aromatic rings. The van der Waals surface area contributed by atoms with Crippen molar-refractivity contribution in [2.45, 2.75) is 19.8 Å². The molecule has 3 heteroatoms. The van der Waals surface area contributed by atoms with E-state index in [4.69, 9.17) is 0 Å². The molecule has 1 aromatic carbocycles. The van der Waals surface area contributed by atoms with Gasteiger partial charge in [-0.3, -0.25) is 4.68 Å². The predicted molar refractivity (Wildman–Crippen MR) is 72.1 cm³/mol. The maximum atomic E-state index is 4.65. The second-order valence-corrected chi connectivity index (χ2v) is 4.62. The highest BCUT2D eigenvalue weighted by atomic mass is 15.3. The zero-order valence-corrected chi connectivity index (χ0v) is 10.9. The minimum Gasteiger partial charge on any atom is -0.319 e. The Bertz CT molecular complexity index is 487. The number of nitrogens with one attached hydrogen (secondary N) is 1. The van der Waals surface area contributed by atoms with Crippen LogP contribution in [0.3, 0.4) is 0 Å². The molecule has 0 aliphatic rings. The topological polar surface area (TPSA) is 29.9 Å². The number of nitrogens with zero attached hydrogens (tertiary/aromatic N) is 2. The second-order valence-electron chi connectivity index (χ2n) is 4.62. The van der Waals surface area contributed by atoms with Crippen molar-refractivity contribution in [1.82, 2.24) is 15.1 Å². The summed E-state index contributed by atoms with van der Waals surface area (Å²) in [6.45, 7) is 3.30. The van der Waals surface area contributed by atoms with Crippen LogP contribution in [0.1, 0.15) is 19.0 Å². The standard InChI is InChI=1S/C14H21N3/c1-4-11(10-15-2)9-13-12-7-5-6-8-14(12)17(3)16-13/h5-8,11,15H,4,9-10H2,1-3H3. The molecular weight excluding hydrogens is 210 g/mol. The van der Waals surface area contributed by atoms with Crippen LogP contribution in [0.5, 0.6) is 0 Å². The van der Waals surface area contributed by atoms with E-state index >= 15 is 0 Å². The summed E-state index contributed by atoms with van der Waals surface area (Å²) in [6.07, 6.45) is 2.24. The fourth-order valence-corrected chi connectivity index (χ4v) is 2.36. The number of para-hydroxylation sites is 1. The third-order valence-corrected chi connectivity index (χ3v) is 3.39. The zero-order valence-electron chi connectivity index (χ0n) is 10.9. The molecule has 0 fully saturated rings. The highest BCUT2D eigenvalue weighted by Crippen LogP contribution is 2.21. The predicted octanol–water partition coefficient (Wildman–Crippen LogP) is 2.36. The van der Waals surface area contributed by atoms with Gasteiger partial charge < -0.3 is 5.32 Å². The van der Waals surface area contributed by atoms with Crippen LogP contribution < -0.4 is 5.32 Å². The number of fused-ring (bicyclic) bond motifs is 1. The van der Waals surface area contributed by atoms with Crippen molar-refractivity contribution in [2.75, 3.05) is 13.6 Å². The van der Waals surface area contributed by atoms with Gasteiger partial charge in [-0.1, -0.05) is 31.5 Å². The van der Waals surface area contributed by atoms with Gasteiger partial charge in [0, 0.05) is 12.4 Å². The van der Waals surface area contributed by atoms with Crippen LogP contribution in [0.15, 0.2) is 24.3 Å². The maximum absolute atomic E-state index is 4.65. The maximum Gasteiger partial charge on any atom is 0.0706 e. The average Bonchev–Trinajstić information content (AvgIpc) is 2.66. The van der Waals surface area contributed by atoms with Crippen molar-refractivity contribution in [3.05, 3.63) is 30.0 Å². The first-order valence-corrected chi connectivity index (χ1v) is 6.31. The van der Waals surface area contributed by atoms with Gasteiger partial charge in [0.2, 0.25) is 0 Å². The monoisotopic (exact) mass is 231 g/mol. The minimum absolute atomic E-state index is 0.665. The van der Waals surface area contributed by atoms with E-state index in [-0.39, 0.29) is 0 Å². The van der Waals surface area contributed by atoms with E-state index in [1.807, 2.05) is 18.8 Å². The molecule has 0 saturated carbocycles. The molecule has 3 nitrogen and oxygen atoms in total. The van der Waals surface area contributed by atoms with Crippen molar-refractivity contribution >= 4 is 10.9 Å². The van der Waals surface area contributed by atoms with Gasteiger partial charge in [-0.2, -0.15) is 5.10 Å². The van der Waals surface area contributed by atoms with Crippen molar-refractivity contribution in [3.8, 4) is 0 Å². The Labute approximate surface area is 103 Å². The summed E-state index contributed by atoms with van der Waals surface area (Å²) in [5.41, 5.74) is 2.45. The smallest absolute Gasteiger partial charge is 0.0706 e. The summed E-state index contributed by atoms with van der Waals surface area (Å²) in [6, 6.07) is 8.46. The molecule has 0 aliphatic heterocycles. The van der Waals surface area contributed by atoms with Crippen molar-refractivity contribution in [2.24, 2.45) is 13.0 Å². The SMILES string of the molecule is CCC(CNC)Cc1nn(C)c2ccccc12. The Morgan fingerprint density at radius 1 is 1.35 bits per heavy atom. The largest absolute Gasteiger partial charge is 0.319 e. The van der Waals surface area contributed by atoms with E-state index in [1.54, 1.807) is 0 Å². The number of aromatic nitrogens is 2. The Hall–Kier alpha value is -1.35. The van der Waals surface area contributed by atoms with Crippen molar-refractivity contribution in [1.29, 1.82) is 0 Å². The van der Waals surface area contributed by atoms with E-state index in [2.05, 4.69) is 41.6 Å². The Balaban J connectivity index is 2.29. The number of hydrogen-bond donors (Lipinski definition) is 1. The third-order valence-electron chi connectivity index (χ3n) is 3.39. The Kier molecular flexibility index (Phi) is 3.79. The molecule has 1 unspecified atom stereocenters. The lowest BCUT2D eigenvalue weighted by molar-refractivity contribution is 0.475. The average molecular weight is 231 g/mol. The number of hydrogen-bond acceptors (Lipinski definition) is 2. The molecule has 0 radical (unpaired) electrons. The number of rotatable bonds is 5. The van der Waals surface area contributed by atoms with E-state index in [1.165, 1.54) is 23.0 Å².